The summed E-state index contributed by atoms with van der Waals surface area (Å²) >= 11 is 23.3. The van der Waals surface area contributed by atoms with Crippen LogP contribution in [0.5, 0.6) is 0 Å². The van der Waals surface area contributed by atoms with Crippen molar-refractivity contribution in [1.29, 1.82) is 0 Å². The number of fused-ring (bicyclic) bond motifs is 1. The summed E-state index contributed by atoms with van der Waals surface area (Å²) in [6, 6.07) is 5.20. The van der Waals surface area contributed by atoms with Crippen LogP contribution in [0.1, 0.15) is 11.4 Å². The van der Waals surface area contributed by atoms with Crippen LogP contribution in [0.3, 0.4) is 0 Å². The molecule has 16 heavy (non-hydrogen) atoms. The SMILES string of the molecule is Cc1nc2ccc(Cl)cc2nc1C(Cl)(Cl)Cl. The molecule has 0 aliphatic carbocycles. The first-order valence-corrected chi connectivity index (χ1v) is 5.90. The van der Waals surface area contributed by atoms with Crippen molar-refractivity contribution in [3.05, 3.63) is 34.6 Å². The number of aryl methyl sites for hydroxylation is 1. The largest absolute Gasteiger partial charge is 0.249 e. The highest BCUT2D eigenvalue weighted by molar-refractivity contribution is 6.66. The van der Waals surface area contributed by atoms with E-state index in [9.17, 15) is 0 Å². The third kappa shape index (κ3) is 2.35. The molecular weight excluding hydrogens is 290 g/mol. The fraction of sp³-hybridized carbons (Fsp3) is 0.200. The number of aromatic nitrogens is 2. The van der Waals surface area contributed by atoms with Gasteiger partial charge in [0.05, 0.1) is 16.7 Å². The van der Waals surface area contributed by atoms with Crippen LogP contribution < -0.4 is 0 Å². The van der Waals surface area contributed by atoms with Gasteiger partial charge in [0.25, 0.3) is 0 Å². The molecule has 0 unspecified atom stereocenters. The number of alkyl halides is 3. The molecule has 1 aromatic carbocycles. The lowest BCUT2D eigenvalue weighted by molar-refractivity contribution is 1.02. The molecule has 0 saturated heterocycles. The summed E-state index contributed by atoms with van der Waals surface area (Å²) in [6.07, 6.45) is 0. The number of halogens is 4. The van der Waals surface area contributed by atoms with E-state index in [1.54, 1.807) is 25.1 Å². The van der Waals surface area contributed by atoms with E-state index in [2.05, 4.69) is 9.97 Å². The number of hydrogen-bond donors (Lipinski definition) is 0. The van der Waals surface area contributed by atoms with Gasteiger partial charge in [0.15, 0.2) is 0 Å². The van der Waals surface area contributed by atoms with E-state index in [1.807, 2.05) is 0 Å². The highest BCUT2D eigenvalue weighted by Gasteiger charge is 2.28. The van der Waals surface area contributed by atoms with E-state index in [0.717, 1.165) is 5.52 Å². The highest BCUT2D eigenvalue weighted by atomic mass is 35.6. The molecule has 0 bridgehead atoms. The lowest BCUT2D eigenvalue weighted by Gasteiger charge is -2.13. The van der Waals surface area contributed by atoms with Gasteiger partial charge in [-0.05, 0) is 25.1 Å². The van der Waals surface area contributed by atoms with E-state index in [4.69, 9.17) is 46.4 Å². The molecule has 1 heterocycles. The van der Waals surface area contributed by atoms with Crippen LogP contribution in [0, 0.1) is 6.92 Å². The molecule has 2 rings (SSSR count). The maximum atomic E-state index is 5.86. The van der Waals surface area contributed by atoms with Gasteiger partial charge < -0.3 is 0 Å². The van der Waals surface area contributed by atoms with E-state index in [1.165, 1.54) is 0 Å². The van der Waals surface area contributed by atoms with Crippen molar-refractivity contribution < 1.29 is 0 Å². The van der Waals surface area contributed by atoms with Crippen LogP contribution in [0.4, 0.5) is 0 Å². The Morgan fingerprint density at radius 2 is 1.75 bits per heavy atom. The number of hydrogen-bond acceptors (Lipinski definition) is 2. The van der Waals surface area contributed by atoms with E-state index in [-0.39, 0.29) is 0 Å². The van der Waals surface area contributed by atoms with Crippen molar-refractivity contribution in [2.45, 2.75) is 10.7 Å². The number of benzene rings is 1. The summed E-state index contributed by atoms with van der Waals surface area (Å²) in [5, 5.41) is 0.570. The summed E-state index contributed by atoms with van der Waals surface area (Å²) in [7, 11) is 0. The first kappa shape index (κ1) is 12.2. The van der Waals surface area contributed by atoms with Crippen LogP contribution in [0.2, 0.25) is 5.02 Å². The minimum atomic E-state index is -1.58. The van der Waals surface area contributed by atoms with Crippen molar-refractivity contribution in [3.63, 3.8) is 0 Å². The Kier molecular flexibility index (Phi) is 3.19. The molecule has 0 saturated carbocycles. The molecule has 0 fully saturated rings. The molecule has 0 spiro atoms. The summed E-state index contributed by atoms with van der Waals surface area (Å²) in [4.78, 5) is 8.57. The Bertz CT molecular complexity index is 548. The van der Waals surface area contributed by atoms with Gasteiger partial charge in [-0.2, -0.15) is 0 Å². The van der Waals surface area contributed by atoms with Crippen LogP contribution >= 0.6 is 46.4 Å². The van der Waals surface area contributed by atoms with Crippen molar-refractivity contribution in [3.8, 4) is 0 Å². The third-order valence-corrected chi connectivity index (χ3v) is 2.84. The zero-order valence-corrected chi connectivity index (χ0v) is 11.2. The van der Waals surface area contributed by atoms with Crippen molar-refractivity contribution in [1.82, 2.24) is 9.97 Å². The Labute approximate surface area is 112 Å². The van der Waals surface area contributed by atoms with Crippen molar-refractivity contribution in [2.24, 2.45) is 0 Å². The molecule has 2 nitrogen and oxygen atoms in total. The zero-order chi connectivity index (χ0) is 11.9. The fourth-order valence-electron chi connectivity index (χ4n) is 1.38. The predicted octanol–water partition coefficient (Wildman–Crippen LogP) is 4.42. The average molecular weight is 296 g/mol. The molecule has 0 aliphatic rings. The van der Waals surface area contributed by atoms with Crippen molar-refractivity contribution >= 4 is 57.4 Å². The molecule has 0 aliphatic heterocycles. The monoisotopic (exact) mass is 294 g/mol. The zero-order valence-electron chi connectivity index (χ0n) is 8.14. The second kappa shape index (κ2) is 4.19. The maximum Gasteiger partial charge on any atom is 0.234 e. The molecular formula is C10H6Cl4N2. The quantitative estimate of drug-likeness (QED) is 0.673. The molecule has 0 amide bonds. The van der Waals surface area contributed by atoms with Crippen LogP contribution in [-0.2, 0) is 3.79 Å². The highest BCUT2D eigenvalue weighted by Crippen LogP contribution is 2.38. The van der Waals surface area contributed by atoms with Gasteiger partial charge in [0.2, 0.25) is 3.79 Å². The second-order valence-corrected chi connectivity index (χ2v) is 6.01. The fourth-order valence-corrected chi connectivity index (χ4v) is 2.09. The molecule has 84 valence electrons. The van der Waals surface area contributed by atoms with Gasteiger partial charge in [-0.25, -0.2) is 9.97 Å². The van der Waals surface area contributed by atoms with Crippen molar-refractivity contribution in [2.75, 3.05) is 0 Å². The smallest absolute Gasteiger partial charge is 0.234 e. The maximum absolute atomic E-state index is 5.86. The van der Waals surface area contributed by atoms with Gasteiger partial charge in [0, 0.05) is 5.02 Å². The molecule has 0 atom stereocenters. The van der Waals surface area contributed by atoms with Crippen LogP contribution in [-0.4, -0.2) is 9.97 Å². The second-order valence-electron chi connectivity index (χ2n) is 3.29. The number of nitrogens with zero attached hydrogens (tertiary/aromatic N) is 2. The average Bonchev–Trinajstić information content (AvgIpc) is 2.16. The topological polar surface area (TPSA) is 25.8 Å². The summed E-state index contributed by atoms with van der Waals surface area (Å²) < 4.78 is -1.58. The van der Waals surface area contributed by atoms with Gasteiger partial charge in [-0.15, -0.1) is 0 Å². The Hall–Kier alpha value is -0.280. The van der Waals surface area contributed by atoms with Gasteiger partial charge in [-0.3, -0.25) is 0 Å². The number of rotatable bonds is 0. The first-order valence-electron chi connectivity index (χ1n) is 4.39. The molecule has 0 N–H and O–H groups in total. The Morgan fingerprint density at radius 1 is 1.06 bits per heavy atom. The summed E-state index contributed by atoms with van der Waals surface area (Å²) in [6.45, 7) is 1.75. The van der Waals surface area contributed by atoms with E-state index < -0.39 is 3.79 Å². The van der Waals surface area contributed by atoms with Gasteiger partial charge in [-0.1, -0.05) is 46.4 Å². The predicted molar refractivity (Wildman–Crippen MR) is 68.5 cm³/mol. The molecule has 0 radical (unpaired) electrons. The Morgan fingerprint density at radius 3 is 2.38 bits per heavy atom. The third-order valence-electron chi connectivity index (χ3n) is 2.07. The van der Waals surface area contributed by atoms with Crippen LogP contribution in [0.25, 0.3) is 11.0 Å². The normalized spacial score (nSPS) is 12.1. The summed E-state index contributed by atoms with van der Waals surface area (Å²) in [5.41, 5.74) is 2.25. The Balaban J connectivity index is 2.74. The van der Waals surface area contributed by atoms with E-state index >= 15 is 0 Å². The lowest BCUT2D eigenvalue weighted by Crippen LogP contribution is -2.08. The molecule has 2 aromatic rings. The van der Waals surface area contributed by atoms with Gasteiger partial charge in [0.1, 0.15) is 5.69 Å². The minimum absolute atomic E-state index is 0.326. The van der Waals surface area contributed by atoms with Crippen LogP contribution in [0.15, 0.2) is 18.2 Å². The van der Waals surface area contributed by atoms with E-state index in [0.29, 0.717) is 21.9 Å². The standard InChI is InChI=1S/C10H6Cl4N2/c1-5-9(10(12,13)14)16-8-4-6(11)2-3-7(8)15-5/h2-4H,1H3. The molecule has 6 heteroatoms. The first-order chi connectivity index (χ1) is 7.38. The molecule has 1 aromatic heterocycles. The lowest BCUT2D eigenvalue weighted by atomic mass is 10.2. The van der Waals surface area contributed by atoms with Gasteiger partial charge >= 0.3 is 0 Å². The minimum Gasteiger partial charge on any atom is -0.249 e. The summed E-state index contributed by atoms with van der Waals surface area (Å²) in [5.74, 6) is 0.